The van der Waals surface area contributed by atoms with Crippen molar-refractivity contribution in [2.45, 2.75) is 6.92 Å². The number of para-hydroxylation sites is 1. The van der Waals surface area contributed by atoms with Crippen molar-refractivity contribution >= 4 is 22.1 Å². The van der Waals surface area contributed by atoms with Crippen LogP contribution in [0.15, 0.2) is 65.1 Å². The van der Waals surface area contributed by atoms with Gasteiger partial charge in [0.25, 0.3) is 0 Å². The van der Waals surface area contributed by atoms with Crippen LogP contribution in [-0.4, -0.2) is 4.98 Å². The molecule has 0 aliphatic carbocycles. The van der Waals surface area contributed by atoms with Crippen LogP contribution in [0.2, 0.25) is 0 Å². The van der Waals surface area contributed by atoms with E-state index in [0.29, 0.717) is 5.71 Å². The molecule has 0 radical (unpaired) electrons. The van der Waals surface area contributed by atoms with Crippen LogP contribution in [-0.2, 0) is 0 Å². The minimum Gasteiger partial charge on any atom is -0.438 e. The number of fused-ring (bicyclic) bond motifs is 3. The topological polar surface area (TPSA) is 26.0 Å². The van der Waals surface area contributed by atoms with Gasteiger partial charge in [-0.25, -0.2) is 4.98 Å². The van der Waals surface area contributed by atoms with E-state index in [2.05, 4.69) is 36.2 Å². The molecule has 2 aromatic carbocycles. The molecule has 0 aliphatic rings. The van der Waals surface area contributed by atoms with Crippen LogP contribution in [0.3, 0.4) is 0 Å². The van der Waals surface area contributed by atoms with Gasteiger partial charge in [-0.1, -0.05) is 48.5 Å². The summed E-state index contributed by atoms with van der Waals surface area (Å²) >= 11 is 0. The SMILES string of the molecule is Cc1cc(-c2ccccc2)nc2oc3ccccc3c12. The number of rotatable bonds is 1. The maximum Gasteiger partial charge on any atom is 0.228 e. The highest BCUT2D eigenvalue weighted by Gasteiger charge is 2.12. The summed E-state index contributed by atoms with van der Waals surface area (Å²) in [5.74, 6) is 0. The Balaban J connectivity index is 2.06. The van der Waals surface area contributed by atoms with Crippen molar-refractivity contribution < 1.29 is 4.42 Å². The third kappa shape index (κ3) is 1.62. The highest BCUT2D eigenvalue weighted by atomic mass is 16.3. The van der Waals surface area contributed by atoms with E-state index in [0.717, 1.165) is 27.6 Å². The zero-order valence-corrected chi connectivity index (χ0v) is 11.1. The molecular weight excluding hydrogens is 246 g/mol. The summed E-state index contributed by atoms with van der Waals surface area (Å²) in [5.41, 5.74) is 4.86. The van der Waals surface area contributed by atoms with Crippen LogP contribution >= 0.6 is 0 Å². The van der Waals surface area contributed by atoms with Crippen molar-refractivity contribution in [2.24, 2.45) is 0 Å². The molecule has 2 heterocycles. The molecule has 2 nitrogen and oxygen atoms in total. The minimum atomic E-state index is 0.713. The summed E-state index contributed by atoms with van der Waals surface area (Å²) in [6, 6.07) is 20.4. The number of pyridine rings is 1. The van der Waals surface area contributed by atoms with Crippen molar-refractivity contribution in [3.8, 4) is 11.3 Å². The molecule has 0 saturated heterocycles. The lowest BCUT2D eigenvalue weighted by Crippen LogP contribution is -1.86. The first kappa shape index (κ1) is 11.2. The van der Waals surface area contributed by atoms with Crippen LogP contribution in [0.5, 0.6) is 0 Å². The van der Waals surface area contributed by atoms with E-state index in [1.165, 1.54) is 5.56 Å². The second kappa shape index (κ2) is 4.20. The molecular formula is C18H13NO. The Kier molecular flexibility index (Phi) is 2.36. The lowest BCUT2D eigenvalue weighted by molar-refractivity contribution is 0.654. The van der Waals surface area contributed by atoms with Gasteiger partial charge in [-0.15, -0.1) is 0 Å². The lowest BCUT2D eigenvalue weighted by atomic mass is 10.1. The van der Waals surface area contributed by atoms with E-state index >= 15 is 0 Å². The number of hydrogen-bond donors (Lipinski definition) is 0. The Morgan fingerprint density at radius 1 is 0.900 bits per heavy atom. The molecule has 4 rings (SSSR count). The van der Waals surface area contributed by atoms with Crippen LogP contribution in [0.1, 0.15) is 5.56 Å². The fraction of sp³-hybridized carbons (Fsp3) is 0.0556. The van der Waals surface area contributed by atoms with Gasteiger partial charge < -0.3 is 4.42 Å². The maximum absolute atomic E-state index is 5.88. The van der Waals surface area contributed by atoms with Crippen molar-refractivity contribution in [3.05, 3.63) is 66.2 Å². The Morgan fingerprint density at radius 3 is 2.50 bits per heavy atom. The van der Waals surface area contributed by atoms with Crippen LogP contribution in [0.25, 0.3) is 33.3 Å². The van der Waals surface area contributed by atoms with Gasteiger partial charge in [0.15, 0.2) is 0 Å². The molecule has 2 heteroatoms. The molecule has 0 spiro atoms. The summed E-state index contributed by atoms with van der Waals surface area (Å²) in [4.78, 5) is 4.68. The molecule has 96 valence electrons. The highest BCUT2D eigenvalue weighted by Crippen LogP contribution is 2.32. The Bertz CT molecular complexity index is 907. The van der Waals surface area contributed by atoms with Gasteiger partial charge in [-0.3, -0.25) is 0 Å². The van der Waals surface area contributed by atoms with Gasteiger partial charge in [0.1, 0.15) is 5.58 Å². The van der Waals surface area contributed by atoms with Crippen LogP contribution in [0.4, 0.5) is 0 Å². The first-order valence-corrected chi connectivity index (χ1v) is 6.67. The second-order valence-electron chi connectivity index (χ2n) is 4.97. The molecule has 0 atom stereocenters. The summed E-state index contributed by atoms with van der Waals surface area (Å²) in [7, 11) is 0. The van der Waals surface area contributed by atoms with E-state index in [9.17, 15) is 0 Å². The van der Waals surface area contributed by atoms with Gasteiger partial charge in [0.2, 0.25) is 5.71 Å². The van der Waals surface area contributed by atoms with Gasteiger partial charge in [-0.2, -0.15) is 0 Å². The van der Waals surface area contributed by atoms with Gasteiger partial charge in [-0.05, 0) is 24.6 Å². The second-order valence-corrected chi connectivity index (χ2v) is 4.97. The van der Waals surface area contributed by atoms with Crippen LogP contribution in [0, 0.1) is 6.92 Å². The number of furan rings is 1. The quantitative estimate of drug-likeness (QED) is 0.483. The summed E-state index contributed by atoms with van der Waals surface area (Å²) in [6.45, 7) is 2.11. The summed E-state index contributed by atoms with van der Waals surface area (Å²) in [5, 5.41) is 2.24. The largest absolute Gasteiger partial charge is 0.438 e. The molecule has 0 aliphatic heterocycles. The lowest BCUT2D eigenvalue weighted by Gasteiger charge is -2.02. The van der Waals surface area contributed by atoms with Crippen LogP contribution < -0.4 is 0 Å². The number of hydrogen-bond acceptors (Lipinski definition) is 2. The van der Waals surface area contributed by atoms with Gasteiger partial charge >= 0.3 is 0 Å². The van der Waals surface area contributed by atoms with E-state index in [1.54, 1.807) is 0 Å². The van der Waals surface area contributed by atoms with Crippen molar-refractivity contribution in [3.63, 3.8) is 0 Å². The first-order valence-electron chi connectivity index (χ1n) is 6.67. The minimum absolute atomic E-state index is 0.713. The van der Waals surface area contributed by atoms with E-state index < -0.39 is 0 Å². The zero-order chi connectivity index (χ0) is 13.5. The molecule has 0 amide bonds. The Morgan fingerprint density at radius 2 is 1.65 bits per heavy atom. The molecule has 0 N–H and O–H groups in total. The molecule has 0 saturated carbocycles. The van der Waals surface area contributed by atoms with E-state index in [-0.39, 0.29) is 0 Å². The number of aryl methyl sites for hydroxylation is 1. The van der Waals surface area contributed by atoms with E-state index in [4.69, 9.17) is 4.42 Å². The zero-order valence-electron chi connectivity index (χ0n) is 11.1. The third-order valence-corrected chi connectivity index (χ3v) is 3.62. The predicted octanol–water partition coefficient (Wildman–Crippen LogP) is 4.96. The van der Waals surface area contributed by atoms with Crippen molar-refractivity contribution in [1.82, 2.24) is 4.98 Å². The van der Waals surface area contributed by atoms with E-state index in [1.807, 2.05) is 36.4 Å². The molecule has 0 bridgehead atoms. The molecule has 20 heavy (non-hydrogen) atoms. The first-order chi connectivity index (χ1) is 9.83. The highest BCUT2D eigenvalue weighted by molar-refractivity contribution is 6.05. The Hall–Kier alpha value is -2.61. The number of benzene rings is 2. The normalized spacial score (nSPS) is 11.2. The monoisotopic (exact) mass is 259 g/mol. The average Bonchev–Trinajstić information content (AvgIpc) is 2.87. The third-order valence-electron chi connectivity index (χ3n) is 3.62. The van der Waals surface area contributed by atoms with Gasteiger partial charge in [0, 0.05) is 10.9 Å². The molecule has 0 fully saturated rings. The van der Waals surface area contributed by atoms with Crippen molar-refractivity contribution in [1.29, 1.82) is 0 Å². The predicted molar refractivity (Wildman–Crippen MR) is 81.7 cm³/mol. The summed E-state index contributed by atoms with van der Waals surface area (Å²) < 4.78 is 5.88. The maximum atomic E-state index is 5.88. The average molecular weight is 259 g/mol. The standard InChI is InChI=1S/C18H13NO/c1-12-11-15(13-7-3-2-4-8-13)19-18-17(12)14-9-5-6-10-16(14)20-18/h2-11H,1H3. The Labute approximate surface area is 116 Å². The smallest absolute Gasteiger partial charge is 0.228 e. The molecule has 2 aromatic heterocycles. The van der Waals surface area contributed by atoms with Crippen molar-refractivity contribution in [2.75, 3.05) is 0 Å². The van der Waals surface area contributed by atoms with Gasteiger partial charge in [0.05, 0.1) is 11.1 Å². The molecule has 4 aromatic rings. The fourth-order valence-electron chi connectivity index (χ4n) is 2.67. The number of nitrogens with zero attached hydrogens (tertiary/aromatic N) is 1. The fourth-order valence-corrected chi connectivity index (χ4v) is 2.67. The summed E-state index contributed by atoms with van der Waals surface area (Å²) in [6.07, 6.45) is 0. The number of aromatic nitrogens is 1. The molecule has 0 unspecified atom stereocenters.